The quantitative estimate of drug-likeness (QED) is 0.345. The van der Waals surface area contributed by atoms with Gasteiger partial charge in [-0.05, 0) is 61.2 Å². The molecule has 0 spiro atoms. The van der Waals surface area contributed by atoms with Gasteiger partial charge in [-0.1, -0.05) is 42.0 Å². The molecule has 0 atom stereocenters. The van der Waals surface area contributed by atoms with Crippen molar-refractivity contribution in [2.45, 2.75) is 44.6 Å². The number of hydrogen-bond donors (Lipinski definition) is 3. The molecule has 1 aliphatic rings. The lowest BCUT2D eigenvalue weighted by Gasteiger charge is -2.36. The van der Waals surface area contributed by atoms with Crippen molar-refractivity contribution in [1.82, 2.24) is 0 Å². The smallest absolute Gasteiger partial charge is 0.336 e. The summed E-state index contributed by atoms with van der Waals surface area (Å²) in [6.07, 6.45) is 0.315. The van der Waals surface area contributed by atoms with Crippen molar-refractivity contribution in [3.05, 3.63) is 77.9 Å². The van der Waals surface area contributed by atoms with E-state index < -0.39 is 17.9 Å². The largest absolute Gasteiger partial charge is 0.478 e. The zero-order valence-corrected chi connectivity index (χ0v) is 20.2. The number of carbonyl (C=O) groups excluding carboxylic acids is 1. The predicted octanol–water partition coefficient (Wildman–Crippen LogP) is 7.02. The number of nitrogens with zero attached hydrogens (tertiary/aromatic N) is 1. The number of aryl methyl sites for hydroxylation is 1. The molecule has 3 aromatic carbocycles. The summed E-state index contributed by atoms with van der Waals surface area (Å²) in [6, 6.07) is 18.7. The van der Waals surface area contributed by atoms with Crippen LogP contribution in [0.3, 0.4) is 0 Å². The van der Waals surface area contributed by atoms with Crippen molar-refractivity contribution in [2.24, 2.45) is 0 Å². The van der Waals surface area contributed by atoms with Gasteiger partial charge in [-0.25, -0.2) is 18.4 Å². The average Bonchev–Trinajstić information content (AvgIpc) is 2.85. The second-order valence-electron chi connectivity index (χ2n) is 9.23. The predicted molar refractivity (Wildman–Crippen MR) is 138 cm³/mol. The molecule has 0 unspecified atom stereocenters. The van der Waals surface area contributed by atoms with Crippen LogP contribution in [-0.2, 0) is 0 Å². The lowest BCUT2D eigenvalue weighted by atomic mass is 9.91. The summed E-state index contributed by atoms with van der Waals surface area (Å²) in [5.41, 5.74) is 4.08. The van der Waals surface area contributed by atoms with Gasteiger partial charge in [-0.3, -0.25) is 0 Å². The molecule has 1 saturated carbocycles. The van der Waals surface area contributed by atoms with E-state index in [1.165, 1.54) is 6.07 Å². The zero-order chi connectivity index (χ0) is 25.9. The van der Waals surface area contributed by atoms with Gasteiger partial charge in [0.05, 0.1) is 16.9 Å². The number of aromatic carboxylic acids is 1. The van der Waals surface area contributed by atoms with Crippen molar-refractivity contribution < 1.29 is 23.5 Å². The Kier molecular flexibility index (Phi) is 7.24. The van der Waals surface area contributed by atoms with Crippen LogP contribution in [0, 0.1) is 6.92 Å². The molecule has 1 fully saturated rings. The number of alkyl halides is 2. The third-order valence-corrected chi connectivity index (χ3v) is 6.64. The van der Waals surface area contributed by atoms with Crippen LogP contribution in [0.25, 0.3) is 11.1 Å². The Morgan fingerprint density at radius 3 is 2.31 bits per heavy atom. The molecule has 3 aromatic rings. The molecule has 1 aliphatic carbocycles. The average molecular weight is 494 g/mol. The molecule has 0 aromatic heterocycles. The summed E-state index contributed by atoms with van der Waals surface area (Å²) in [7, 11) is 1.83. The lowest BCUT2D eigenvalue weighted by Crippen LogP contribution is -2.39. The fourth-order valence-corrected chi connectivity index (χ4v) is 4.56. The van der Waals surface area contributed by atoms with Crippen molar-refractivity contribution >= 4 is 29.1 Å². The van der Waals surface area contributed by atoms with Crippen molar-refractivity contribution in [3.8, 4) is 11.1 Å². The molecule has 0 aliphatic heterocycles. The number of nitrogens with one attached hydrogen (secondary N) is 2. The van der Waals surface area contributed by atoms with Crippen LogP contribution in [0.1, 0.15) is 41.6 Å². The molecule has 6 nitrogen and oxygen atoms in total. The van der Waals surface area contributed by atoms with Gasteiger partial charge in [-0.15, -0.1) is 0 Å². The first-order valence-electron chi connectivity index (χ1n) is 11.8. The van der Waals surface area contributed by atoms with Crippen LogP contribution < -0.4 is 15.5 Å². The van der Waals surface area contributed by atoms with Crippen LogP contribution in [0.15, 0.2) is 66.7 Å². The highest BCUT2D eigenvalue weighted by Gasteiger charge is 2.36. The minimum absolute atomic E-state index is 0.109. The summed E-state index contributed by atoms with van der Waals surface area (Å²) in [4.78, 5) is 26.6. The minimum Gasteiger partial charge on any atom is -0.478 e. The molecule has 188 valence electrons. The standard InChI is InChI=1S/C28H29F2N3O3/c1-18-7-10-20(11-8-18)31-27(36)32-24-17-19(22-5-3-4-6-23(22)26(34)35)9-12-25(24)33(2)21-13-15-28(29,30)16-14-21/h3-12,17,21H,13-16H2,1-2H3,(H,34,35)(H2,31,32,36). The van der Waals surface area contributed by atoms with Crippen LogP contribution in [0.4, 0.5) is 30.6 Å². The molecule has 36 heavy (non-hydrogen) atoms. The van der Waals surface area contributed by atoms with Gasteiger partial charge in [-0.2, -0.15) is 0 Å². The summed E-state index contributed by atoms with van der Waals surface area (Å²) in [5, 5.41) is 15.3. The number of halogens is 2. The Morgan fingerprint density at radius 2 is 1.64 bits per heavy atom. The maximum absolute atomic E-state index is 13.7. The van der Waals surface area contributed by atoms with E-state index >= 15 is 0 Å². The first kappa shape index (κ1) is 25.2. The van der Waals surface area contributed by atoms with E-state index in [9.17, 15) is 23.5 Å². The SMILES string of the molecule is Cc1ccc(NC(=O)Nc2cc(-c3ccccc3C(=O)O)ccc2N(C)C2CCC(F)(F)CC2)cc1. The number of benzene rings is 3. The number of hydrogen-bond acceptors (Lipinski definition) is 3. The number of rotatable bonds is 6. The zero-order valence-electron chi connectivity index (χ0n) is 20.2. The van der Waals surface area contributed by atoms with Crippen LogP contribution in [0.5, 0.6) is 0 Å². The van der Waals surface area contributed by atoms with E-state index in [4.69, 9.17) is 0 Å². The van der Waals surface area contributed by atoms with Gasteiger partial charge in [0, 0.05) is 31.6 Å². The Morgan fingerprint density at radius 1 is 0.972 bits per heavy atom. The molecular formula is C28H29F2N3O3. The van der Waals surface area contributed by atoms with Crippen molar-refractivity contribution in [1.29, 1.82) is 0 Å². The maximum Gasteiger partial charge on any atom is 0.336 e. The van der Waals surface area contributed by atoms with Crippen molar-refractivity contribution in [3.63, 3.8) is 0 Å². The summed E-state index contributed by atoms with van der Waals surface area (Å²) in [6.45, 7) is 1.95. The summed E-state index contributed by atoms with van der Waals surface area (Å²) >= 11 is 0. The van der Waals surface area contributed by atoms with Gasteiger partial charge < -0.3 is 20.6 Å². The van der Waals surface area contributed by atoms with Crippen LogP contribution >= 0.6 is 0 Å². The number of urea groups is 1. The molecule has 8 heteroatoms. The number of anilines is 3. The topological polar surface area (TPSA) is 81.7 Å². The molecule has 0 bridgehead atoms. The molecule has 0 heterocycles. The third kappa shape index (κ3) is 5.82. The first-order chi connectivity index (χ1) is 17.1. The second kappa shape index (κ2) is 10.4. The van der Waals surface area contributed by atoms with Gasteiger partial charge in [0.2, 0.25) is 5.92 Å². The van der Waals surface area contributed by atoms with Crippen LogP contribution in [0.2, 0.25) is 0 Å². The van der Waals surface area contributed by atoms with E-state index in [2.05, 4.69) is 10.6 Å². The Labute approximate surface area is 208 Å². The Hall–Kier alpha value is -3.94. The molecule has 0 radical (unpaired) electrons. The molecule has 2 amide bonds. The molecule has 4 rings (SSSR count). The van der Waals surface area contributed by atoms with Gasteiger partial charge in [0.25, 0.3) is 0 Å². The maximum atomic E-state index is 13.7. The van der Waals surface area contributed by atoms with Gasteiger partial charge in [0.15, 0.2) is 0 Å². The Bertz CT molecular complexity index is 1250. The normalized spacial score (nSPS) is 15.2. The first-order valence-corrected chi connectivity index (χ1v) is 11.8. The van der Waals surface area contributed by atoms with E-state index in [1.807, 2.05) is 31.0 Å². The monoisotopic (exact) mass is 493 g/mol. The highest BCUT2D eigenvalue weighted by molar-refractivity contribution is 6.03. The fraction of sp³-hybridized carbons (Fsp3) is 0.286. The molecular weight excluding hydrogens is 464 g/mol. The van der Waals surface area contributed by atoms with Crippen molar-refractivity contribution in [2.75, 3.05) is 22.6 Å². The number of amides is 2. The fourth-order valence-electron chi connectivity index (χ4n) is 4.56. The minimum atomic E-state index is -2.64. The second-order valence-corrected chi connectivity index (χ2v) is 9.23. The van der Waals surface area contributed by atoms with Gasteiger partial charge >= 0.3 is 12.0 Å². The van der Waals surface area contributed by atoms with E-state index in [0.717, 1.165) is 5.56 Å². The summed E-state index contributed by atoms with van der Waals surface area (Å²) in [5.74, 6) is -3.70. The molecule has 0 saturated heterocycles. The van der Waals surface area contributed by atoms with Gasteiger partial charge in [0.1, 0.15) is 0 Å². The van der Waals surface area contributed by atoms with E-state index in [-0.39, 0.29) is 24.4 Å². The highest BCUT2D eigenvalue weighted by atomic mass is 19.3. The van der Waals surface area contributed by atoms with Crippen LogP contribution in [-0.4, -0.2) is 36.1 Å². The third-order valence-electron chi connectivity index (χ3n) is 6.64. The number of carboxylic acid groups (broad SMARTS) is 1. The number of carbonyl (C=O) groups is 2. The Balaban J connectivity index is 1.67. The number of carboxylic acids is 1. The van der Waals surface area contributed by atoms with E-state index in [1.54, 1.807) is 48.5 Å². The molecule has 3 N–H and O–H groups in total. The lowest BCUT2D eigenvalue weighted by molar-refractivity contribution is -0.0377. The summed E-state index contributed by atoms with van der Waals surface area (Å²) < 4.78 is 27.5. The van der Waals surface area contributed by atoms with E-state index in [0.29, 0.717) is 41.0 Å². The highest BCUT2D eigenvalue weighted by Crippen LogP contribution is 2.39.